The van der Waals surface area contributed by atoms with Crippen molar-refractivity contribution in [1.82, 2.24) is 10.2 Å². The number of hydrogen-bond donors (Lipinski definition) is 1. The molecule has 0 unspecified atom stereocenters. The van der Waals surface area contributed by atoms with E-state index >= 15 is 0 Å². The molecule has 0 aromatic heterocycles. The molecule has 0 aliphatic rings. The first-order chi connectivity index (χ1) is 12.4. The largest absolute Gasteiger partial charge is 0.497 e. The van der Waals surface area contributed by atoms with Crippen LogP contribution in [-0.4, -0.2) is 52.7 Å². The van der Waals surface area contributed by atoms with Gasteiger partial charge in [-0.2, -0.15) is 0 Å². The van der Waals surface area contributed by atoms with Gasteiger partial charge < -0.3 is 19.9 Å². The van der Waals surface area contributed by atoms with Gasteiger partial charge in [-0.05, 0) is 49.5 Å². The fraction of sp³-hybridized carbons (Fsp3) is 0.381. The highest BCUT2D eigenvalue weighted by molar-refractivity contribution is 5.78. The Balaban J connectivity index is 1.95. The van der Waals surface area contributed by atoms with E-state index < -0.39 is 0 Å². The van der Waals surface area contributed by atoms with Crippen molar-refractivity contribution in [2.45, 2.75) is 12.5 Å². The summed E-state index contributed by atoms with van der Waals surface area (Å²) < 4.78 is 5.14. The third kappa shape index (κ3) is 5.49. The van der Waals surface area contributed by atoms with Crippen LogP contribution in [-0.2, 0) is 11.2 Å². The van der Waals surface area contributed by atoms with Crippen LogP contribution >= 0.6 is 0 Å². The van der Waals surface area contributed by atoms with Gasteiger partial charge in [-0.15, -0.1) is 0 Å². The maximum atomic E-state index is 12.3. The van der Waals surface area contributed by atoms with Crippen LogP contribution in [0.4, 0.5) is 5.69 Å². The van der Waals surface area contributed by atoms with E-state index in [1.54, 1.807) is 7.11 Å². The lowest BCUT2D eigenvalue weighted by Gasteiger charge is -2.26. The van der Waals surface area contributed by atoms with Gasteiger partial charge in [-0.25, -0.2) is 0 Å². The molecule has 2 aromatic carbocycles. The number of carbonyl (C=O) groups is 1. The van der Waals surface area contributed by atoms with Gasteiger partial charge in [0.05, 0.1) is 19.6 Å². The van der Waals surface area contributed by atoms with Crippen molar-refractivity contribution in [3.8, 4) is 5.75 Å². The smallest absolute Gasteiger partial charge is 0.224 e. The van der Waals surface area contributed by atoms with E-state index in [0.29, 0.717) is 13.0 Å². The fourth-order valence-electron chi connectivity index (χ4n) is 2.79. The van der Waals surface area contributed by atoms with E-state index in [4.69, 9.17) is 4.74 Å². The van der Waals surface area contributed by atoms with Crippen molar-refractivity contribution in [1.29, 1.82) is 0 Å². The second-order valence-electron chi connectivity index (χ2n) is 6.79. The number of rotatable bonds is 8. The molecule has 0 saturated heterocycles. The molecule has 0 saturated carbocycles. The topological polar surface area (TPSA) is 44.8 Å². The van der Waals surface area contributed by atoms with E-state index in [1.165, 1.54) is 5.56 Å². The number of nitrogens with zero attached hydrogens (tertiary/aromatic N) is 2. The SMILES string of the molecule is COc1ccc(CC(=O)NC[C@@H](c2ccc(N(C)C)cc2)N(C)C)cc1. The quantitative estimate of drug-likeness (QED) is 0.791. The Labute approximate surface area is 156 Å². The summed E-state index contributed by atoms with van der Waals surface area (Å²) >= 11 is 0. The number of anilines is 1. The summed E-state index contributed by atoms with van der Waals surface area (Å²) in [6.45, 7) is 0.573. The van der Waals surface area contributed by atoms with E-state index in [2.05, 4.69) is 39.4 Å². The zero-order valence-electron chi connectivity index (χ0n) is 16.3. The highest BCUT2D eigenvalue weighted by Crippen LogP contribution is 2.21. The van der Waals surface area contributed by atoms with Crippen molar-refractivity contribution in [3.05, 3.63) is 59.7 Å². The van der Waals surface area contributed by atoms with Crippen LogP contribution in [0.15, 0.2) is 48.5 Å². The van der Waals surface area contributed by atoms with Crippen LogP contribution in [0.5, 0.6) is 5.75 Å². The Morgan fingerprint density at radius 1 is 1.00 bits per heavy atom. The van der Waals surface area contributed by atoms with Crippen molar-refractivity contribution in [3.63, 3.8) is 0 Å². The molecule has 0 heterocycles. The normalized spacial score (nSPS) is 11.9. The van der Waals surface area contributed by atoms with Gasteiger partial charge in [0.1, 0.15) is 5.75 Å². The van der Waals surface area contributed by atoms with E-state index in [9.17, 15) is 4.79 Å². The first-order valence-electron chi connectivity index (χ1n) is 8.74. The number of amides is 1. The summed E-state index contributed by atoms with van der Waals surface area (Å²) in [6.07, 6.45) is 0.365. The molecule has 2 rings (SSSR count). The number of benzene rings is 2. The fourth-order valence-corrected chi connectivity index (χ4v) is 2.79. The second-order valence-corrected chi connectivity index (χ2v) is 6.79. The summed E-state index contributed by atoms with van der Waals surface area (Å²) in [5.74, 6) is 0.815. The molecule has 0 fully saturated rings. The maximum Gasteiger partial charge on any atom is 0.224 e. The van der Waals surface area contributed by atoms with Gasteiger partial charge in [0.25, 0.3) is 0 Å². The molecule has 140 valence electrons. The van der Waals surface area contributed by atoms with Gasteiger partial charge in [-0.3, -0.25) is 4.79 Å². The van der Waals surface area contributed by atoms with Gasteiger partial charge in [0.15, 0.2) is 0 Å². The van der Waals surface area contributed by atoms with Crippen molar-refractivity contribution >= 4 is 11.6 Å². The molecular weight excluding hydrogens is 326 g/mol. The van der Waals surface area contributed by atoms with Crippen molar-refractivity contribution < 1.29 is 9.53 Å². The van der Waals surface area contributed by atoms with Crippen LogP contribution in [0.2, 0.25) is 0 Å². The number of likely N-dealkylation sites (N-methyl/N-ethyl adjacent to an activating group) is 1. The predicted molar refractivity (Wildman–Crippen MR) is 107 cm³/mol. The molecule has 0 spiro atoms. The molecule has 1 N–H and O–H groups in total. The maximum absolute atomic E-state index is 12.3. The van der Waals surface area contributed by atoms with Gasteiger partial charge in [0.2, 0.25) is 5.91 Å². The van der Waals surface area contributed by atoms with Gasteiger partial charge >= 0.3 is 0 Å². The summed E-state index contributed by atoms with van der Waals surface area (Å²) in [5.41, 5.74) is 3.32. The van der Waals surface area contributed by atoms with Crippen LogP contribution in [0.1, 0.15) is 17.2 Å². The molecular formula is C21H29N3O2. The number of nitrogens with one attached hydrogen (secondary N) is 1. The Morgan fingerprint density at radius 3 is 2.12 bits per heavy atom. The average molecular weight is 355 g/mol. The number of methoxy groups -OCH3 is 1. The summed E-state index contributed by atoms with van der Waals surface area (Å²) in [5, 5.41) is 3.05. The minimum Gasteiger partial charge on any atom is -0.497 e. The van der Waals surface area contributed by atoms with E-state index in [-0.39, 0.29) is 11.9 Å². The predicted octanol–water partition coefficient (Wildman–Crippen LogP) is 2.72. The highest BCUT2D eigenvalue weighted by Gasteiger charge is 2.15. The lowest BCUT2D eigenvalue weighted by Crippen LogP contribution is -2.35. The Kier molecular flexibility index (Phi) is 7.04. The molecule has 26 heavy (non-hydrogen) atoms. The first kappa shape index (κ1) is 19.8. The lowest BCUT2D eigenvalue weighted by molar-refractivity contribution is -0.120. The lowest BCUT2D eigenvalue weighted by atomic mass is 10.0. The van der Waals surface area contributed by atoms with Crippen molar-refractivity contribution in [2.75, 3.05) is 46.7 Å². The van der Waals surface area contributed by atoms with Crippen LogP contribution in [0, 0.1) is 0 Å². The van der Waals surface area contributed by atoms with Crippen LogP contribution in [0.25, 0.3) is 0 Å². The zero-order valence-corrected chi connectivity index (χ0v) is 16.3. The minimum atomic E-state index is 0.0203. The molecule has 5 heteroatoms. The average Bonchev–Trinajstić information content (AvgIpc) is 2.62. The van der Waals surface area contributed by atoms with Crippen LogP contribution < -0.4 is 15.0 Å². The number of ether oxygens (including phenoxy) is 1. The highest BCUT2D eigenvalue weighted by atomic mass is 16.5. The first-order valence-corrected chi connectivity index (χ1v) is 8.74. The molecule has 0 radical (unpaired) electrons. The minimum absolute atomic E-state index is 0.0203. The standard InChI is InChI=1S/C21H29N3O2/c1-23(2)18-10-8-17(9-11-18)20(24(3)4)15-22-21(25)14-16-6-12-19(26-5)13-7-16/h6-13,20H,14-15H2,1-5H3,(H,22,25)/t20-/m0/s1. The monoisotopic (exact) mass is 355 g/mol. The third-order valence-corrected chi connectivity index (χ3v) is 4.43. The third-order valence-electron chi connectivity index (χ3n) is 4.43. The second kappa shape index (κ2) is 9.25. The number of hydrogen-bond acceptors (Lipinski definition) is 4. The molecule has 0 bridgehead atoms. The summed E-state index contributed by atoms with van der Waals surface area (Å²) in [4.78, 5) is 16.5. The summed E-state index contributed by atoms with van der Waals surface area (Å²) in [6, 6.07) is 16.2. The van der Waals surface area contributed by atoms with Crippen molar-refractivity contribution in [2.24, 2.45) is 0 Å². The van der Waals surface area contributed by atoms with Gasteiger partial charge in [0, 0.05) is 26.3 Å². The molecule has 0 aliphatic carbocycles. The molecule has 2 aromatic rings. The van der Waals surface area contributed by atoms with E-state index in [0.717, 1.165) is 17.0 Å². The number of carbonyl (C=O) groups excluding carboxylic acids is 1. The van der Waals surface area contributed by atoms with Gasteiger partial charge in [-0.1, -0.05) is 24.3 Å². The molecule has 1 atom stereocenters. The Hall–Kier alpha value is -2.53. The molecule has 1 amide bonds. The summed E-state index contributed by atoms with van der Waals surface area (Å²) in [7, 11) is 9.74. The van der Waals surface area contributed by atoms with E-state index in [1.807, 2.05) is 52.5 Å². The molecule has 5 nitrogen and oxygen atoms in total. The van der Waals surface area contributed by atoms with Crippen LogP contribution in [0.3, 0.4) is 0 Å². The Bertz CT molecular complexity index is 694. The zero-order chi connectivity index (χ0) is 19.1. The Morgan fingerprint density at radius 2 is 1.62 bits per heavy atom. The molecule has 0 aliphatic heterocycles.